The van der Waals surface area contributed by atoms with Crippen LogP contribution in [-0.2, 0) is 23.8 Å². The normalized spacial score (nSPS) is 13.6. The topological polar surface area (TPSA) is 69.7 Å². The lowest BCUT2D eigenvalue weighted by Gasteiger charge is -2.13. The predicted octanol–water partition coefficient (Wildman–Crippen LogP) is 1.96. The first-order valence-electron chi connectivity index (χ1n) is 4.79. The third-order valence-electron chi connectivity index (χ3n) is 1.59. The average Bonchev–Trinajstić information content (AvgIpc) is 2.13. The minimum atomic E-state index is -5.77. The van der Waals surface area contributed by atoms with Crippen molar-refractivity contribution in [2.24, 2.45) is 5.92 Å². The van der Waals surface area contributed by atoms with Crippen LogP contribution in [0.25, 0.3) is 0 Å². The maximum atomic E-state index is 12.1. The number of ether oxygens (including phenoxy) is 1. The van der Waals surface area contributed by atoms with Gasteiger partial charge in [0.15, 0.2) is 0 Å². The van der Waals surface area contributed by atoms with Gasteiger partial charge in [-0.2, -0.15) is 21.6 Å². The minimum Gasteiger partial charge on any atom is -0.466 e. The molecule has 0 heterocycles. The van der Waals surface area contributed by atoms with Crippen molar-refractivity contribution in [3.05, 3.63) is 11.8 Å². The van der Waals surface area contributed by atoms with Crippen molar-refractivity contribution in [3.63, 3.8) is 0 Å². The molecule has 0 saturated carbocycles. The monoisotopic (exact) mass is 290 g/mol. The Morgan fingerprint density at radius 2 is 1.83 bits per heavy atom. The molecule has 0 aliphatic heterocycles. The van der Waals surface area contributed by atoms with Crippen LogP contribution in [-0.4, -0.2) is 27.0 Å². The van der Waals surface area contributed by atoms with Gasteiger partial charge in [-0.05, 0) is 5.92 Å². The van der Waals surface area contributed by atoms with Gasteiger partial charge in [0.2, 0.25) is 0 Å². The summed E-state index contributed by atoms with van der Waals surface area (Å²) in [7, 11) is -4.77. The molecular formula is C9H13F3O5S. The Kier molecular flexibility index (Phi) is 5.65. The van der Waals surface area contributed by atoms with Crippen LogP contribution in [0.2, 0.25) is 0 Å². The van der Waals surface area contributed by atoms with Gasteiger partial charge in [0, 0.05) is 6.42 Å². The van der Waals surface area contributed by atoms with Gasteiger partial charge < -0.3 is 8.92 Å². The minimum absolute atomic E-state index is 0.148. The highest BCUT2D eigenvalue weighted by Crippen LogP contribution is 2.28. The molecule has 0 rings (SSSR count). The van der Waals surface area contributed by atoms with Crippen LogP contribution in [0.3, 0.4) is 0 Å². The van der Waals surface area contributed by atoms with Crippen LogP contribution in [0.15, 0.2) is 11.8 Å². The van der Waals surface area contributed by atoms with Gasteiger partial charge in [-0.25, -0.2) is 4.79 Å². The van der Waals surface area contributed by atoms with Crippen LogP contribution in [0.1, 0.15) is 20.3 Å². The molecule has 0 fully saturated rings. The molecule has 106 valence electrons. The fourth-order valence-corrected chi connectivity index (χ4v) is 1.39. The summed E-state index contributed by atoms with van der Waals surface area (Å²) in [6.07, 6.45) is 0.424. The van der Waals surface area contributed by atoms with Crippen LogP contribution in [0.5, 0.6) is 0 Å². The summed E-state index contributed by atoms with van der Waals surface area (Å²) in [5.74, 6) is -1.82. The van der Waals surface area contributed by atoms with Crippen LogP contribution in [0.4, 0.5) is 13.2 Å². The summed E-state index contributed by atoms with van der Waals surface area (Å²) in [5.41, 5.74) is -5.54. The zero-order chi connectivity index (χ0) is 14.6. The number of rotatable bonds is 5. The Morgan fingerprint density at radius 3 is 2.17 bits per heavy atom. The van der Waals surface area contributed by atoms with E-state index >= 15 is 0 Å². The van der Waals surface area contributed by atoms with Crippen LogP contribution >= 0.6 is 0 Å². The Morgan fingerprint density at radius 1 is 1.33 bits per heavy atom. The number of hydrogen-bond donors (Lipinski definition) is 0. The fraction of sp³-hybridized carbons (Fsp3) is 0.667. The molecule has 0 aromatic carbocycles. The van der Waals surface area contributed by atoms with Crippen molar-refractivity contribution in [2.75, 3.05) is 7.11 Å². The van der Waals surface area contributed by atoms with Crippen molar-refractivity contribution in [1.82, 2.24) is 0 Å². The van der Waals surface area contributed by atoms with E-state index in [1.807, 2.05) is 0 Å². The van der Waals surface area contributed by atoms with Gasteiger partial charge in [-0.3, -0.25) is 0 Å². The fourth-order valence-electron chi connectivity index (χ4n) is 0.898. The molecule has 0 aliphatic carbocycles. The molecule has 0 unspecified atom stereocenters. The summed E-state index contributed by atoms with van der Waals surface area (Å²) < 4.78 is 65.9. The zero-order valence-corrected chi connectivity index (χ0v) is 10.8. The van der Waals surface area contributed by atoms with Gasteiger partial charge >= 0.3 is 21.6 Å². The Bertz CT molecular complexity index is 422. The summed E-state index contributed by atoms with van der Waals surface area (Å²) in [6, 6.07) is 0. The van der Waals surface area contributed by atoms with E-state index in [9.17, 15) is 26.4 Å². The van der Waals surface area contributed by atoms with Gasteiger partial charge in [-0.1, -0.05) is 13.8 Å². The SMILES string of the molecule is COC(=O)/C=C(/CC(C)C)OS(=O)(=O)C(F)(F)F. The predicted molar refractivity (Wildman–Crippen MR) is 55.6 cm³/mol. The number of esters is 1. The van der Waals surface area contributed by atoms with Crippen molar-refractivity contribution in [3.8, 4) is 0 Å². The number of halogens is 3. The summed E-state index contributed by atoms with van der Waals surface area (Å²) in [6.45, 7) is 3.24. The lowest BCUT2D eigenvalue weighted by molar-refractivity contribution is -0.135. The summed E-state index contributed by atoms with van der Waals surface area (Å²) in [4.78, 5) is 10.9. The second-order valence-electron chi connectivity index (χ2n) is 3.71. The summed E-state index contributed by atoms with van der Waals surface area (Å²) >= 11 is 0. The van der Waals surface area contributed by atoms with Crippen molar-refractivity contribution in [2.45, 2.75) is 25.8 Å². The second-order valence-corrected chi connectivity index (χ2v) is 5.25. The highest BCUT2D eigenvalue weighted by molar-refractivity contribution is 7.87. The van der Waals surface area contributed by atoms with E-state index < -0.39 is 27.4 Å². The lowest BCUT2D eigenvalue weighted by atomic mass is 10.1. The number of carbonyl (C=O) groups excluding carboxylic acids is 1. The first-order valence-corrected chi connectivity index (χ1v) is 6.19. The number of methoxy groups -OCH3 is 1. The van der Waals surface area contributed by atoms with Gasteiger partial charge in [0.1, 0.15) is 5.76 Å². The maximum Gasteiger partial charge on any atom is 0.534 e. The summed E-state index contributed by atoms with van der Waals surface area (Å²) in [5, 5.41) is 0. The van der Waals surface area contributed by atoms with E-state index in [0.717, 1.165) is 7.11 Å². The van der Waals surface area contributed by atoms with Crippen molar-refractivity contribution in [1.29, 1.82) is 0 Å². The molecule has 0 aromatic rings. The van der Waals surface area contributed by atoms with E-state index in [1.165, 1.54) is 0 Å². The standard InChI is InChI=1S/C9H13F3O5S/c1-6(2)4-7(5-8(13)16-3)17-18(14,15)9(10,11)12/h5-6H,4H2,1-3H3/b7-5-. The van der Waals surface area contributed by atoms with Gasteiger partial charge in [-0.15, -0.1) is 0 Å². The first-order chi connectivity index (χ1) is 7.99. The number of hydrogen-bond acceptors (Lipinski definition) is 5. The Hall–Kier alpha value is -1.25. The van der Waals surface area contributed by atoms with E-state index in [2.05, 4.69) is 8.92 Å². The third-order valence-corrected chi connectivity index (χ3v) is 2.59. The maximum absolute atomic E-state index is 12.1. The molecule has 9 heteroatoms. The van der Waals surface area contributed by atoms with Crippen LogP contribution < -0.4 is 0 Å². The van der Waals surface area contributed by atoms with Gasteiger partial charge in [0.25, 0.3) is 0 Å². The molecule has 0 amide bonds. The quantitative estimate of drug-likeness (QED) is 0.254. The average molecular weight is 290 g/mol. The van der Waals surface area contributed by atoms with Crippen molar-refractivity contribution >= 4 is 16.1 Å². The molecule has 0 saturated heterocycles. The second kappa shape index (κ2) is 6.07. The highest BCUT2D eigenvalue weighted by Gasteiger charge is 2.48. The molecule has 0 aromatic heterocycles. The molecule has 0 bridgehead atoms. The van der Waals surface area contributed by atoms with E-state index in [-0.39, 0.29) is 12.3 Å². The molecule has 18 heavy (non-hydrogen) atoms. The molecule has 5 nitrogen and oxygen atoms in total. The number of allylic oxidation sites excluding steroid dienone is 1. The van der Waals surface area contributed by atoms with E-state index in [4.69, 9.17) is 0 Å². The molecular weight excluding hydrogens is 277 g/mol. The van der Waals surface area contributed by atoms with Crippen molar-refractivity contribution < 1.29 is 35.3 Å². The lowest BCUT2D eigenvalue weighted by Crippen LogP contribution is -2.25. The first kappa shape index (κ1) is 16.8. The number of alkyl halides is 3. The van der Waals surface area contributed by atoms with Crippen LogP contribution in [0, 0.1) is 5.92 Å². The molecule has 0 N–H and O–H groups in total. The molecule has 0 aliphatic rings. The largest absolute Gasteiger partial charge is 0.534 e. The van der Waals surface area contributed by atoms with Gasteiger partial charge in [0.05, 0.1) is 13.2 Å². The molecule has 0 atom stereocenters. The molecule has 0 spiro atoms. The van der Waals surface area contributed by atoms with E-state index in [0.29, 0.717) is 6.08 Å². The third kappa shape index (κ3) is 5.39. The smallest absolute Gasteiger partial charge is 0.466 e. The zero-order valence-electron chi connectivity index (χ0n) is 9.95. The Labute approximate surface area is 103 Å². The molecule has 0 radical (unpaired) electrons. The highest BCUT2D eigenvalue weighted by atomic mass is 32.2. The van der Waals surface area contributed by atoms with E-state index in [1.54, 1.807) is 13.8 Å². The number of carbonyl (C=O) groups is 1. The Balaban J connectivity index is 5.15.